The molecule has 29 heavy (non-hydrogen) atoms. The van der Waals surface area contributed by atoms with Crippen LogP contribution in [0.1, 0.15) is 21.1 Å². The average molecular weight is 409 g/mol. The van der Waals surface area contributed by atoms with Crippen molar-refractivity contribution in [1.29, 1.82) is 0 Å². The molecule has 0 spiro atoms. The molecule has 1 aromatic carbocycles. The fourth-order valence-corrected chi connectivity index (χ4v) is 5.82. The van der Waals surface area contributed by atoms with Crippen LogP contribution in [0.3, 0.4) is 0 Å². The summed E-state index contributed by atoms with van der Waals surface area (Å²) in [5.74, 6) is 1.20. The summed E-state index contributed by atoms with van der Waals surface area (Å²) in [7, 11) is 0. The maximum Gasteiger partial charge on any atom is 0.263 e. The van der Waals surface area contributed by atoms with Gasteiger partial charge in [-0.15, -0.1) is 11.3 Å². The Bertz CT molecular complexity index is 1060. The summed E-state index contributed by atoms with van der Waals surface area (Å²) in [6.07, 6.45) is 1.78. The number of aryl methyl sites for hydroxylation is 2. The van der Waals surface area contributed by atoms with E-state index in [0.717, 1.165) is 38.7 Å². The number of fused-ring (bicyclic) bond motifs is 2. The first-order chi connectivity index (χ1) is 14.0. The summed E-state index contributed by atoms with van der Waals surface area (Å²) in [6, 6.07) is 10.1. The molecular formula is C22H24N4O2S. The molecule has 2 aliphatic heterocycles. The van der Waals surface area contributed by atoms with E-state index in [2.05, 4.69) is 14.9 Å². The molecule has 1 N–H and O–H groups in total. The number of aromatic nitrogens is 2. The van der Waals surface area contributed by atoms with Gasteiger partial charge < -0.3 is 14.9 Å². The lowest BCUT2D eigenvalue weighted by molar-refractivity contribution is 0.0752. The van der Waals surface area contributed by atoms with E-state index >= 15 is 0 Å². The number of rotatable bonds is 3. The molecule has 5 rings (SSSR count). The van der Waals surface area contributed by atoms with Gasteiger partial charge in [-0.1, -0.05) is 18.2 Å². The Kier molecular flexibility index (Phi) is 4.33. The molecule has 0 radical (unpaired) electrons. The molecule has 150 valence electrons. The number of carbonyl (C=O) groups is 1. The van der Waals surface area contributed by atoms with Crippen LogP contribution in [-0.4, -0.2) is 58.7 Å². The zero-order chi connectivity index (χ0) is 20.2. The Morgan fingerprint density at radius 3 is 2.86 bits per heavy atom. The fraction of sp³-hybridized carbons (Fsp3) is 0.409. The maximum absolute atomic E-state index is 13.2. The summed E-state index contributed by atoms with van der Waals surface area (Å²) in [4.78, 5) is 27.2. The van der Waals surface area contributed by atoms with Crippen molar-refractivity contribution in [2.75, 3.05) is 37.7 Å². The van der Waals surface area contributed by atoms with E-state index in [4.69, 9.17) is 0 Å². The van der Waals surface area contributed by atoms with Gasteiger partial charge in [0.25, 0.3) is 5.91 Å². The Labute approximate surface area is 173 Å². The van der Waals surface area contributed by atoms with E-state index in [1.54, 1.807) is 17.5 Å². The molecule has 2 aromatic heterocycles. The number of carbonyl (C=O) groups excluding carboxylic acids is 1. The van der Waals surface area contributed by atoms with Gasteiger partial charge in [0.15, 0.2) is 0 Å². The fourth-order valence-electron chi connectivity index (χ4n) is 4.79. The van der Waals surface area contributed by atoms with E-state index in [-0.39, 0.29) is 23.8 Å². The number of hydrogen-bond donors (Lipinski definition) is 1. The van der Waals surface area contributed by atoms with Crippen LogP contribution < -0.4 is 4.90 Å². The number of aliphatic hydroxyl groups excluding tert-OH is 1. The van der Waals surface area contributed by atoms with Crippen molar-refractivity contribution >= 4 is 33.1 Å². The van der Waals surface area contributed by atoms with Gasteiger partial charge >= 0.3 is 0 Å². The van der Waals surface area contributed by atoms with E-state index < -0.39 is 0 Å². The molecule has 0 aliphatic carbocycles. The lowest BCUT2D eigenvalue weighted by Crippen LogP contribution is -2.39. The third kappa shape index (κ3) is 3.00. The van der Waals surface area contributed by atoms with Crippen molar-refractivity contribution in [3.63, 3.8) is 0 Å². The number of benzene rings is 1. The predicted octanol–water partition coefficient (Wildman–Crippen LogP) is 2.88. The quantitative estimate of drug-likeness (QED) is 0.722. The monoisotopic (exact) mass is 408 g/mol. The van der Waals surface area contributed by atoms with Crippen molar-refractivity contribution in [2.24, 2.45) is 11.3 Å². The third-order valence-electron chi connectivity index (χ3n) is 6.35. The smallest absolute Gasteiger partial charge is 0.263 e. The van der Waals surface area contributed by atoms with Crippen molar-refractivity contribution in [3.8, 4) is 0 Å². The highest BCUT2D eigenvalue weighted by Gasteiger charge is 2.53. The largest absolute Gasteiger partial charge is 0.396 e. The van der Waals surface area contributed by atoms with Gasteiger partial charge in [-0.2, -0.15) is 0 Å². The molecule has 3 aromatic rings. The van der Waals surface area contributed by atoms with Gasteiger partial charge in [-0.3, -0.25) is 9.78 Å². The van der Waals surface area contributed by atoms with Crippen LogP contribution in [0.5, 0.6) is 0 Å². The molecule has 2 aliphatic rings. The summed E-state index contributed by atoms with van der Waals surface area (Å²) in [6.45, 7) is 6.72. The van der Waals surface area contributed by atoms with E-state index in [1.165, 1.54) is 0 Å². The first-order valence-electron chi connectivity index (χ1n) is 9.93. The number of aliphatic hydroxyl groups is 1. The van der Waals surface area contributed by atoms with Crippen LogP contribution in [-0.2, 0) is 0 Å². The zero-order valence-corrected chi connectivity index (χ0v) is 17.4. The van der Waals surface area contributed by atoms with E-state index in [9.17, 15) is 9.90 Å². The Balaban J connectivity index is 1.38. The van der Waals surface area contributed by atoms with Crippen molar-refractivity contribution in [3.05, 3.63) is 52.8 Å². The number of thiophene rings is 1. The summed E-state index contributed by atoms with van der Waals surface area (Å²) in [5, 5.41) is 11.4. The first-order valence-corrected chi connectivity index (χ1v) is 10.7. The second-order valence-corrected chi connectivity index (χ2v) is 9.44. The highest BCUT2D eigenvalue weighted by Crippen LogP contribution is 2.44. The number of hydrogen-bond acceptors (Lipinski definition) is 6. The molecule has 7 heteroatoms. The Morgan fingerprint density at radius 1 is 1.28 bits per heavy atom. The van der Waals surface area contributed by atoms with Crippen LogP contribution in [0.25, 0.3) is 10.1 Å². The third-order valence-corrected chi connectivity index (χ3v) is 7.45. The van der Waals surface area contributed by atoms with Crippen molar-refractivity contribution in [1.82, 2.24) is 14.9 Å². The van der Waals surface area contributed by atoms with Crippen LogP contribution >= 0.6 is 11.3 Å². The second-order valence-electron chi connectivity index (χ2n) is 8.35. The van der Waals surface area contributed by atoms with Crippen LogP contribution in [0, 0.1) is 25.2 Å². The van der Waals surface area contributed by atoms with Gasteiger partial charge in [-0.05, 0) is 31.4 Å². The van der Waals surface area contributed by atoms with E-state index in [1.807, 2.05) is 49.1 Å². The SMILES string of the molecule is Cc1cnc(C)c(N2C[C@H]3CN(C(=O)c4cc5ccccc5s4)C[C@@]3(CO)C2)n1. The van der Waals surface area contributed by atoms with Crippen LogP contribution in [0.15, 0.2) is 36.5 Å². The van der Waals surface area contributed by atoms with Gasteiger partial charge in [-0.25, -0.2) is 4.98 Å². The second kappa shape index (κ2) is 6.78. The number of likely N-dealkylation sites (tertiary alicyclic amines) is 1. The minimum Gasteiger partial charge on any atom is -0.396 e. The summed E-state index contributed by atoms with van der Waals surface area (Å²) >= 11 is 1.55. The molecule has 0 bridgehead atoms. The highest BCUT2D eigenvalue weighted by molar-refractivity contribution is 7.20. The number of amides is 1. The molecule has 4 heterocycles. The van der Waals surface area contributed by atoms with Crippen LogP contribution in [0.4, 0.5) is 5.82 Å². The first kappa shape index (κ1) is 18.5. The molecule has 1 amide bonds. The average Bonchev–Trinajstić information content (AvgIpc) is 3.39. The topological polar surface area (TPSA) is 69.6 Å². The predicted molar refractivity (Wildman–Crippen MR) is 114 cm³/mol. The molecule has 0 unspecified atom stereocenters. The zero-order valence-electron chi connectivity index (χ0n) is 16.6. The molecule has 0 saturated carbocycles. The summed E-state index contributed by atoms with van der Waals surface area (Å²) in [5.41, 5.74) is 1.49. The lowest BCUT2D eigenvalue weighted by Gasteiger charge is -2.28. The molecule has 2 fully saturated rings. The lowest BCUT2D eigenvalue weighted by atomic mass is 9.82. The highest BCUT2D eigenvalue weighted by atomic mass is 32.1. The molecule has 2 atom stereocenters. The normalized spacial score (nSPS) is 23.8. The maximum atomic E-state index is 13.2. The molecular weight excluding hydrogens is 384 g/mol. The van der Waals surface area contributed by atoms with E-state index in [0.29, 0.717) is 19.6 Å². The van der Waals surface area contributed by atoms with Crippen molar-refractivity contribution in [2.45, 2.75) is 13.8 Å². The van der Waals surface area contributed by atoms with Crippen molar-refractivity contribution < 1.29 is 9.90 Å². The standard InChI is InChI=1S/C22H24N4O2S/c1-14-8-23-15(2)20(24-14)25-9-17-10-26(12-22(17,11-25)13-27)21(28)19-7-16-5-3-4-6-18(16)29-19/h3-8,17,27H,9-13H2,1-2H3/t17-,22+/m0/s1. The number of nitrogens with zero attached hydrogens (tertiary/aromatic N) is 4. The Hall–Kier alpha value is -2.51. The molecule has 6 nitrogen and oxygen atoms in total. The number of anilines is 1. The van der Waals surface area contributed by atoms with Gasteiger partial charge in [0, 0.05) is 48.4 Å². The minimum absolute atomic E-state index is 0.0721. The minimum atomic E-state index is -0.301. The van der Waals surface area contributed by atoms with Gasteiger partial charge in [0.1, 0.15) is 5.82 Å². The van der Waals surface area contributed by atoms with Gasteiger partial charge in [0.05, 0.1) is 22.9 Å². The van der Waals surface area contributed by atoms with Crippen LogP contribution in [0.2, 0.25) is 0 Å². The summed E-state index contributed by atoms with van der Waals surface area (Å²) < 4.78 is 1.13. The Morgan fingerprint density at radius 2 is 2.10 bits per heavy atom. The molecule has 2 saturated heterocycles. The van der Waals surface area contributed by atoms with Gasteiger partial charge in [0.2, 0.25) is 0 Å².